The van der Waals surface area contributed by atoms with Crippen molar-refractivity contribution in [3.63, 3.8) is 0 Å². The van der Waals surface area contributed by atoms with Crippen molar-refractivity contribution < 1.29 is 9.68 Å². The van der Waals surface area contributed by atoms with Gasteiger partial charge in [0.2, 0.25) is 0 Å². The molecule has 1 rings (SSSR count). The van der Waals surface area contributed by atoms with Crippen LogP contribution in [0.25, 0.3) is 0 Å². The molecule has 0 heterocycles. The Morgan fingerprint density at radius 1 is 1.67 bits per heavy atom. The molecule has 1 N–H and O–H groups in total. The van der Waals surface area contributed by atoms with E-state index < -0.39 is 0 Å². The van der Waals surface area contributed by atoms with Gasteiger partial charge in [0.05, 0.1) is 0 Å². The molecule has 0 spiro atoms. The summed E-state index contributed by atoms with van der Waals surface area (Å²) in [6.45, 7) is 0. The zero-order valence-corrected chi connectivity index (χ0v) is 3.42. The van der Waals surface area contributed by atoms with E-state index >= 15 is 0 Å². The van der Waals surface area contributed by atoms with Crippen LogP contribution in [0.1, 0.15) is 12.8 Å². The van der Waals surface area contributed by atoms with Crippen LogP contribution in [0, 0.1) is 0 Å². The molecule has 33 valence electrons. The minimum Gasteiger partial charge on any atom is -0.429 e. The predicted molar refractivity (Wildman–Crippen MR) is 22.1 cm³/mol. The van der Waals surface area contributed by atoms with Crippen LogP contribution in [0.2, 0.25) is 0 Å². The fraction of sp³-hybridized carbons (Fsp3) is 1.00. The van der Waals surface area contributed by atoms with Crippen LogP contribution in [-0.4, -0.2) is 18.8 Å². The second-order valence-corrected chi connectivity index (χ2v) is 1.44. The minimum absolute atomic E-state index is 0.343. The smallest absolute Gasteiger partial charge is 0.429 e. The lowest BCUT2D eigenvalue weighted by molar-refractivity contribution is 0.271. The third-order valence-electron chi connectivity index (χ3n) is 0.778. The highest BCUT2D eigenvalue weighted by molar-refractivity contribution is 6.15. The van der Waals surface area contributed by atoms with Gasteiger partial charge in [-0.2, -0.15) is 0 Å². The van der Waals surface area contributed by atoms with Gasteiger partial charge < -0.3 is 9.68 Å². The Labute approximate surface area is 37.4 Å². The molecule has 0 unspecified atom stereocenters. The summed E-state index contributed by atoms with van der Waals surface area (Å²) in [7, 11) is 0.762. The van der Waals surface area contributed by atoms with Gasteiger partial charge in [-0.05, 0) is 12.8 Å². The van der Waals surface area contributed by atoms with Crippen LogP contribution >= 0.6 is 0 Å². The first kappa shape index (κ1) is 4.15. The molecule has 0 saturated heterocycles. The molecule has 0 aromatic carbocycles. The fourth-order valence-corrected chi connectivity index (χ4v) is 0.290. The Balaban J connectivity index is 1.88. The average molecular weight is 84.9 g/mol. The highest BCUT2D eigenvalue weighted by atomic mass is 16.5. The van der Waals surface area contributed by atoms with Crippen molar-refractivity contribution in [1.82, 2.24) is 0 Å². The van der Waals surface area contributed by atoms with Crippen LogP contribution < -0.4 is 0 Å². The highest BCUT2D eigenvalue weighted by Crippen LogP contribution is 2.21. The van der Waals surface area contributed by atoms with Gasteiger partial charge in [-0.15, -0.1) is 0 Å². The van der Waals surface area contributed by atoms with Crippen molar-refractivity contribution in [2.24, 2.45) is 0 Å². The van der Waals surface area contributed by atoms with Crippen molar-refractivity contribution in [3.8, 4) is 0 Å². The molecule has 1 aliphatic carbocycles. The monoisotopic (exact) mass is 85.0 g/mol. The Kier molecular flexibility index (Phi) is 1.12. The van der Waals surface area contributed by atoms with Gasteiger partial charge in [0.25, 0.3) is 0 Å². The first-order chi connectivity index (χ1) is 2.93. The summed E-state index contributed by atoms with van der Waals surface area (Å²) in [6, 6.07) is 0. The molecule has 0 bridgehead atoms. The molecule has 0 atom stereocenters. The zero-order valence-electron chi connectivity index (χ0n) is 3.42. The first-order valence-electron chi connectivity index (χ1n) is 2.05. The first-order valence-corrected chi connectivity index (χ1v) is 2.05. The van der Waals surface area contributed by atoms with Gasteiger partial charge in [-0.3, -0.25) is 0 Å². The van der Waals surface area contributed by atoms with Crippen molar-refractivity contribution in [2.45, 2.75) is 18.9 Å². The zero-order chi connectivity index (χ0) is 4.41. The predicted octanol–water partition coefficient (Wildman–Crippen LogP) is -0.308. The third kappa shape index (κ3) is 0.991. The molecule has 0 aromatic heterocycles. The Bertz CT molecular complexity index is 44.1. The minimum atomic E-state index is 0.343. The molecule has 0 amide bonds. The molecule has 2 nitrogen and oxygen atoms in total. The summed E-state index contributed by atoms with van der Waals surface area (Å²) in [5, 5.41) is 7.93. The average Bonchev–Trinajstić information content (AvgIpc) is 2.21. The lowest BCUT2D eigenvalue weighted by Crippen LogP contribution is -1.97. The second kappa shape index (κ2) is 1.62. The standard InChI is InChI=1S/C3H6BO2/c5-4-6-3-1-2-3/h3,5H,1-2H2. The molecule has 0 aliphatic heterocycles. The van der Waals surface area contributed by atoms with E-state index in [9.17, 15) is 0 Å². The molecular formula is C3H6BO2. The number of rotatable bonds is 2. The summed E-state index contributed by atoms with van der Waals surface area (Å²) in [5.74, 6) is 0. The number of hydrogen-bond acceptors (Lipinski definition) is 2. The normalized spacial score (nSPS) is 20.8. The van der Waals surface area contributed by atoms with Crippen LogP contribution in [0.5, 0.6) is 0 Å². The Hall–Kier alpha value is -0.0151. The maximum atomic E-state index is 7.93. The van der Waals surface area contributed by atoms with E-state index in [1.807, 2.05) is 0 Å². The maximum Gasteiger partial charge on any atom is 0.485 e. The van der Waals surface area contributed by atoms with E-state index in [0.717, 1.165) is 20.5 Å². The summed E-state index contributed by atoms with van der Waals surface area (Å²) in [4.78, 5) is 0. The number of hydrogen-bond donors (Lipinski definition) is 1. The molecule has 0 aromatic rings. The summed E-state index contributed by atoms with van der Waals surface area (Å²) < 4.78 is 4.58. The van der Waals surface area contributed by atoms with Gasteiger partial charge in [-0.1, -0.05) is 0 Å². The quantitative estimate of drug-likeness (QED) is 0.466. The molecule has 1 aliphatic rings. The summed E-state index contributed by atoms with van der Waals surface area (Å²) in [5.41, 5.74) is 0. The summed E-state index contributed by atoms with van der Waals surface area (Å²) in [6.07, 6.45) is 2.56. The van der Waals surface area contributed by atoms with Crippen molar-refractivity contribution in [1.29, 1.82) is 0 Å². The van der Waals surface area contributed by atoms with Gasteiger partial charge in [-0.25, -0.2) is 0 Å². The molecule has 1 radical (unpaired) electrons. The molecular weight excluding hydrogens is 78.8 g/mol. The lowest BCUT2D eigenvalue weighted by Gasteiger charge is -1.86. The van der Waals surface area contributed by atoms with Gasteiger partial charge >= 0.3 is 7.69 Å². The van der Waals surface area contributed by atoms with Crippen molar-refractivity contribution in [2.75, 3.05) is 0 Å². The van der Waals surface area contributed by atoms with Gasteiger partial charge in [0.1, 0.15) is 0 Å². The van der Waals surface area contributed by atoms with Crippen LogP contribution in [0.3, 0.4) is 0 Å². The fourth-order valence-electron chi connectivity index (χ4n) is 0.290. The SMILES string of the molecule is O[B]OC1CC1. The van der Waals surface area contributed by atoms with Crippen LogP contribution in [0.4, 0.5) is 0 Å². The Morgan fingerprint density at radius 2 is 2.33 bits per heavy atom. The summed E-state index contributed by atoms with van der Waals surface area (Å²) >= 11 is 0. The van der Waals surface area contributed by atoms with Crippen LogP contribution in [-0.2, 0) is 4.65 Å². The van der Waals surface area contributed by atoms with E-state index in [4.69, 9.17) is 5.02 Å². The highest BCUT2D eigenvalue weighted by Gasteiger charge is 2.21. The lowest BCUT2D eigenvalue weighted by atomic mass is 10.4. The second-order valence-electron chi connectivity index (χ2n) is 1.44. The van der Waals surface area contributed by atoms with E-state index in [2.05, 4.69) is 4.65 Å². The molecule has 3 heteroatoms. The largest absolute Gasteiger partial charge is 0.485 e. The molecule has 6 heavy (non-hydrogen) atoms. The van der Waals surface area contributed by atoms with Crippen molar-refractivity contribution in [3.05, 3.63) is 0 Å². The van der Waals surface area contributed by atoms with E-state index in [0.29, 0.717) is 6.10 Å². The van der Waals surface area contributed by atoms with Crippen molar-refractivity contribution >= 4 is 7.69 Å². The van der Waals surface area contributed by atoms with E-state index in [1.54, 1.807) is 0 Å². The molecule has 1 saturated carbocycles. The van der Waals surface area contributed by atoms with Gasteiger partial charge in [0, 0.05) is 6.10 Å². The third-order valence-corrected chi connectivity index (χ3v) is 0.778. The topological polar surface area (TPSA) is 29.5 Å². The molecule has 1 fully saturated rings. The van der Waals surface area contributed by atoms with Gasteiger partial charge in [0.15, 0.2) is 0 Å². The Morgan fingerprint density at radius 3 is 2.50 bits per heavy atom. The maximum absolute atomic E-state index is 7.93. The van der Waals surface area contributed by atoms with E-state index in [-0.39, 0.29) is 0 Å². The van der Waals surface area contributed by atoms with Crippen LogP contribution in [0.15, 0.2) is 0 Å². The van der Waals surface area contributed by atoms with E-state index in [1.165, 1.54) is 0 Å².